The molecule has 1 rings (SSSR count). The van der Waals surface area contributed by atoms with Gasteiger partial charge < -0.3 is 14.9 Å². The highest BCUT2D eigenvalue weighted by Gasteiger charge is 2.12. The topological polar surface area (TPSA) is 60.9 Å². The highest BCUT2D eigenvalue weighted by molar-refractivity contribution is 7.72. The zero-order valence-electron chi connectivity index (χ0n) is 10.3. The summed E-state index contributed by atoms with van der Waals surface area (Å²) in [5, 5.41) is 9.13. The van der Waals surface area contributed by atoms with Crippen LogP contribution in [0, 0.1) is 0 Å². The molecule has 0 aromatic heterocycles. The number of rotatable bonds is 8. The van der Waals surface area contributed by atoms with Gasteiger partial charge in [0.15, 0.2) is 16.1 Å². The number of hydrogen-bond acceptors (Lipinski definition) is 5. The standard InChI is InChI=1S/C11H22N2O3S/c1-2-3-6-12-8-9-13(10-12)7-4-5-11(14)17(15)16/h8-9,11,14,17H,2-7,10H2,1H3. The number of thiol groups is 1. The van der Waals surface area contributed by atoms with Crippen LogP contribution in [-0.2, 0) is 10.7 Å². The van der Waals surface area contributed by atoms with Gasteiger partial charge in [-0.05, 0) is 19.3 Å². The molecule has 0 amide bonds. The van der Waals surface area contributed by atoms with Crippen molar-refractivity contribution in [1.82, 2.24) is 9.80 Å². The molecule has 0 fully saturated rings. The van der Waals surface area contributed by atoms with Gasteiger partial charge in [0.2, 0.25) is 0 Å². The van der Waals surface area contributed by atoms with E-state index < -0.39 is 16.1 Å². The van der Waals surface area contributed by atoms with Gasteiger partial charge in [0, 0.05) is 25.5 Å². The Hall–Kier alpha value is -0.750. The van der Waals surface area contributed by atoms with Gasteiger partial charge >= 0.3 is 0 Å². The summed E-state index contributed by atoms with van der Waals surface area (Å²) in [4.78, 5) is 4.38. The van der Waals surface area contributed by atoms with Gasteiger partial charge in [-0.15, -0.1) is 0 Å². The fraction of sp³-hybridized carbons (Fsp3) is 0.818. The predicted molar refractivity (Wildman–Crippen MR) is 67.9 cm³/mol. The summed E-state index contributed by atoms with van der Waals surface area (Å²) in [6.45, 7) is 4.90. The summed E-state index contributed by atoms with van der Waals surface area (Å²) >= 11 is 0. The fourth-order valence-electron chi connectivity index (χ4n) is 1.75. The highest BCUT2D eigenvalue weighted by atomic mass is 32.2. The Bertz CT molecular complexity index is 310. The van der Waals surface area contributed by atoms with E-state index in [2.05, 4.69) is 22.9 Å². The lowest BCUT2D eigenvalue weighted by atomic mass is 10.3. The average Bonchev–Trinajstić information content (AvgIpc) is 2.74. The summed E-state index contributed by atoms with van der Waals surface area (Å²) in [5.74, 6) is 0. The lowest BCUT2D eigenvalue weighted by molar-refractivity contribution is 0.219. The van der Waals surface area contributed by atoms with Gasteiger partial charge in [-0.3, -0.25) is 0 Å². The van der Waals surface area contributed by atoms with Crippen molar-refractivity contribution in [3.63, 3.8) is 0 Å². The third kappa shape index (κ3) is 5.41. The van der Waals surface area contributed by atoms with Crippen molar-refractivity contribution in [3.05, 3.63) is 12.4 Å². The minimum absolute atomic E-state index is 0.317. The molecule has 0 spiro atoms. The first-order valence-corrected chi connectivity index (χ1v) is 7.36. The van der Waals surface area contributed by atoms with Crippen LogP contribution in [0.4, 0.5) is 0 Å². The molecule has 17 heavy (non-hydrogen) atoms. The molecule has 0 saturated carbocycles. The predicted octanol–water partition coefficient (Wildman–Crippen LogP) is 0.543. The number of nitrogens with zero attached hydrogens (tertiary/aromatic N) is 2. The number of unbranched alkanes of at least 4 members (excludes halogenated alkanes) is 1. The first kappa shape index (κ1) is 14.3. The molecule has 1 aliphatic heterocycles. The zero-order valence-corrected chi connectivity index (χ0v) is 11.2. The van der Waals surface area contributed by atoms with Crippen LogP contribution in [0.5, 0.6) is 0 Å². The molecule has 100 valence electrons. The molecule has 1 unspecified atom stereocenters. The van der Waals surface area contributed by atoms with Crippen molar-refractivity contribution in [2.45, 2.75) is 38.0 Å². The SMILES string of the molecule is CCCCN1C=CN(CCCC(O)[SH](=O)=O)C1. The molecule has 5 nitrogen and oxygen atoms in total. The molecular weight excluding hydrogens is 240 g/mol. The summed E-state index contributed by atoms with van der Waals surface area (Å²) in [6.07, 6.45) is 7.48. The molecule has 0 bridgehead atoms. The summed E-state index contributed by atoms with van der Waals surface area (Å²) in [7, 11) is -2.69. The Labute approximate surface area is 105 Å². The number of aliphatic hydroxyl groups is 1. The van der Waals surface area contributed by atoms with E-state index in [-0.39, 0.29) is 0 Å². The fourth-order valence-corrected chi connectivity index (χ4v) is 2.14. The molecule has 0 saturated heterocycles. The summed E-state index contributed by atoms with van der Waals surface area (Å²) in [5.41, 5.74) is -1.19. The van der Waals surface area contributed by atoms with Gasteiger partial charge in [0.25, 0.3) is 0 Å². The Morgan fingerprint density at radius 3 is 2.35 bits per heavy atom. The van der Waals surface area contributed by atoms with E-state index in [1.807, 2.05) is 6.20 Å². The highest BCUT2D eigenvalue weighted by Crippen LogP contribution is 2.09. The molecule has 1 N–H and O–H groups in total. The number of hydrogen-bond donors (Lipinski definition) is 2. The largest absolute Gasteiger partial charge is 0.377 e. The van der Waals surface area contributed by atoms with E-state index in [1.54, 1.807) is 0 Å². The molecule has 0 aromatic carbocycles. The van der Waals surface area contributed by atoms with E-state index >= 15 is 0 Å². The van der Waals surface area contributed by atoms with Crippen LogP contribution in [0.1, 0.15) is 32.6 Å². The lowest BCUT2D eigenvalue weighted by Crippen LogP contribution is -2.27. The quantitative estimate of drug-likeness (QED) is 0.625. The Morgan fingerprint density at radius 1 is 1.24 bits per heavy atom. The van der Waals surface area contributed by atoms with Crippen molar-refractivity contribution >= 4 is 10.7 Å². The third-order valence-electron chi connectivity index (χ3n) is 2.80. The minimum Gasteiger partial charge on any atom is -0.377 e. The van der Waals surface area contributed by atoms with Gasteiger partial charge in [0.1, 0.15) is 0 Å². The van der Waals surface area contributed by atoms with Crippen LogP contribution in [0.15, 0.2) is 12.4 Å². The first-order valence-electron chi connectivity index (χ1n) is 6.11. The molecule has 0 aromatic rings. The van der Waals surface area contributed by atoms with Crippen LogP contribution in [0.3, 0.4) is 0 Å². The zero-order chi connectivity index (χ0) is 12.7. The second kappa shape index (κ2) is 7.55. The summed E-state index contributed by atoms with van der Waals surface area (Å²) < 4.78 is 20.9. The molecule has 1 atom stereocenters. The number of aliphatic hydroxyl groups excluding tert-OH is 1. The molecule has 1 aliphatic rings. The smallest absolute Gasteiger partial charge is 0.166 e. The minimum atomic E-state index is -2.69. The van der Waals surface area contributed by atoms with Crippen LogP contribution >= 0.6 is 0 Å². The van der Waals surface area contributed by atoms with E-state index in [0.717, 1.165) is 19.8 Å². The van der Waals surface area contributed by atoms with E-state index in [9.17, 15) is 8.42 Å². The van der Waals surface area contributed by atoms with Crippen molar-refractivity contribution in [2.24, 2.45) is 0 Å². The van der Waals surface area contributed by atoms with Gasteiger partial charge in [-0.1, -0.05) is 13.3 Å². The summed E-state index contributed by atoms with van der Waals surface area (Å²) in [6, 6.07) is 0. The normalized spacial score (nSPS) is 17.1. The maximum atomic E-state index is 10.4. The second-order valence-corrected chi connectivity index (χ2v) is 5.49. The van der Waals surface area contributed by atoms with Crippen LogP contribution < -0.4 is 0 Å². The van der Waals surface area contributed by atoms with Crippen molar-refractivity contribution < 1.29 is 13.5 Å². The van der Waals surface area contributed by atoms with Crippen molar-refractivity contribution in [2.75, 3.05) is 19.8 Å². The molecule has 6 heteroatoms. The molecule has 1 heterocycles. The third-order valence-corrected chi connectivity index (χ3v) is 3.55. The lowest BCUT2D eigenvalue weighted by Gasteiger charge is -2.21. The first-order chi connectivity index (χ1) is 8.13. The van der Waals surface area contributed by atoms with E-state index in [0.29, 0.717) is 12.8 Å². The van der Waals surface area contributed by atoms with E-state index in [4.69, 9.17) is 5.11 Å². The van der Waals surface area contributed by atoms with Gasteiger partial charge in [-0.25, -0.2) is 8.42 Å². The molecular formula is C11H22N2O3S. The maximum absolute atomic E-state index is 10.4. The molecule has 0 aliphatic carbocycles. The second-order valence-electron chi connectivity index (χ2n) is 4.33. The Morgan fingerprint density at radius 2 is 1.82 bits per heavy atom. The Kier molecular flexibility index (Phi) is 6.36. The maximum Gasteiger partial charge on any atom is 0.166 e. The molecule has 0 radical (unpaired) electrons. The van der Waals surface area contributed by atoms with Crippen LogP contribution in [0.2, 0.25) is 0 Å². The van der Waals surface area contributed by atoms with Crippen LogP contribution in [-0.4, -0.2) is 48.5 Å². The van der Waals surface area contributed by atoms with E-state index in [1.165, 1.54) is 12.8 Å². The van der Waals surface area contributed by atoms with Crippen molar-refractivity contribution in [3.8, 4) is 0 Å². The Balaban J connectivity index is 2.12. The van der Waals surface area contributed by atoms with Crippen LogP contribution in [0.25, 0.3) is 0 Å². The van der Waals surface area contributed by atoms with Crippen molar-refractivity contribution in [1.29, 1.82) is 0 Å². The van der Waals surface area contributed by atoms with Gasteiger partial charge in [0.05, 0.1) is 6.67 Å². The average molecular weight is 262 g/mol. The van der Waals surface area contributed by atoms with Gasteiger partial charge in [-0.2, -0.15) is 0 Å². The monoisotopic (exact) mass is 262 g/mol.